The van der Waals surface area contributed by atoms with Gasteiger partial charge in [0, 0.05) is 32.0 Å². The summed E-state index contributed by atoms with van der Waals surface area (Å²) in [5, 5.41) is -0.0745. The number of piperazine rings is 1. The van der Waals surface area contributed by atoms with Crippen molar-refractivity contribution in [3.05, 3.63) is 52.8 Å². The van der Waals surface area contributed by atoms with Crippen molar-refractivity contribution in [1.29, 1.82) is 0 Å². The summed E-state index contributed by atoms with van der Waals surface area (Å²) in [6.45, 7) is 1.33. The van der Waals surface area contributed by atoms with Crippen LogP contribution < -0.4 is 0 Å². The lowest BCUT2D eigenvalue weighted by atomic mass is 10.2. The van der Waals surface area contributed by atoms with Crippen molar-refractivity contribution in [2.45, 2.75) is 11.8 Å². The van der Waals surface area contributed by atoms with Crippen LogP contribution >= 0.6 is 11.6 Å². The maximum Gasteiger partial charge on any atom is 0.218 e. The third-order valence-electron chi connectivity index (χ3n) is 4.17. The highest BCUT2D eigenvalue weighted by atomic mass is 35.5. The molecule has 0 spiro atoms. The van der Waals surface area contributed by atoms with Crippen LogP contribution in [-0.4, -0.2) is 54.3 Å². The lowest BCUT2D eigenvalue weighted by molar-refractivity contribution is 0.142. The topological polar surface area (TPSA) is 69.3 Å². The van der Waals surface area contributed by atoms with Gasteiger partial charge in [-0.15, -0.1) is 0 Å². The Kier molecular flexibility index (Phi) is 4.91. The lowest BCUT2D eigenvalue weighted by Crippen LogP contribution is -2.49. The van der Waals surface area contributed by atoms with Gasteiger partial charge in [0.1, 0.15) is 11.6 Å². The molecule has 24 heavy (non-hydrogen) atoms. The molecule has 3 rings (SSSR count). The van der Waals surface area contributed by atoms with E-state index in [1.54, 1.807) is 12.4 Å². The fraction of sp³-hybridized carbons (Fsp3) is 0.400. The third-order valence-corrected chi connectivity index (χ3v) is 6.28. The van der Waals surface area contributed by atoms with Crippen molar-refractivity contribution >= 4 is 21.6 Å². The number of imidazole rings is 1. The number of hydrogen-bond acceptors (Lipinski definition) is 4. The average Bonchev–Trinajstić information content (AvgIpc) is 3.05. The number of rotatable bonds is 4. The van der Waals surface area contributed by atoms with Gasteiger partial charge >= 0.3 is 0 Å². The number of nitrogens with one attached hydrogen (secondary N) is 1. The number of aromatic amines is 1. The van der Waals surface area contributed by atoms with Gasteiger partial charge in [0.2, 0.25) is 10.0 Å². The predicted octanol–water partition coefficient (Wildman–Crippen LogP) is 2.02. The molecule has 1 N–H and O–H groups in total. The fourth-order valence-corrected chi connectivity index (χ4v) is 4.50. The first kappa shape index (κ1) is 17.3. The number of aromatic nitrogens is 2. The molecule has 9 heteroatoms. The Balaban J connectivity index is 1.77. The van der Waals surface area contributed by atoms with E-state index in [0.29, 0.717) is 25.2 Å². The lowest BCUT2D eigenvalue weighted by Gasteiger charge is -2.37. The molecular weight excluding hydrogens is 355 g/mol. The fourth-order valence-electron chi connectivity index (χ4n) is 2.79. The van der Waals surface area contributed by atoms with Crippen LogP contribution in [-0.2, 0) is 15.8 Å². The Labute approximate surface area is 145 Å². The number of sulfonamides is 1. The molecule has 1 fully saturated rings. The van der Waals surface area contributed by atoms with E-state index in [1.165, 1.54) is 22.5 Å². The van der Waals surface area contributed by atoms with Gasteiger partial charge in [-0.3, -0.25) is 4.90 Å². The van der Waals surface area contributed by atoms with Crippen LogP contribution in [0.2, 0.25) is 5.02 Å². The quantitative estimate of drug-likeness (QED) is 0.891. The summed E-state index contributed by atoms with van der Waals surface area (Å²) in [7, 11) is -1.59. The second kappa shape index (κ2) is 6.79. The third kappa shape index (κ3) is 3.61. The Bertz CT molecular complexity index is 813. The molecular formula is C15H18ClFN4O2S. The van der Waals surface area contributed by atoms with Gasteiger partial charge in [-0.25, -0.2) is 17.8 Å². The molecule has 1 aliphatic heterocycles. The number of halogens is 2. The van der Waals surface area contributed by atoms with Crippen molar-refractivity contribution in [1.82, 2.24) is 19.2 Å². The van der Waals surface area contributed by atoms with E-state index in [1.807, 2.05) is 7.05 Å². The van der Waals surface area contributed by atoms with Gasteiger partial charge in [-0.2, -0.15) is 4.31 Å². The van der Waals surface area contributed by atoms with E-state index in [9.17, 15) is 12.8 Å². The van der Waals surface area contributed by atoms with Crippen molar-refractivity contribution in [2.75, 3.05) is 26.7 Å². The monoisotopic (exact) mass is 372 g/mol. The summed E-state index contributed by atoms with van der Waals surface area (Å²) in [5.41, 5.74) is 0.467. The summed E-state index contributed by atoms with van der Waals surface area (Å²) in [6.07, 6.45) is 3.37. The first-order chi connectivity index (χ1) is 11.4. The molecule has 2 heterocycles. The highest BCUT2D eigenvalue weighted by molar-refractivity contribution is 7.88. The molecule has 0 amide bonds. The van der Waals surface area contributed by atoms with Gasteiger partial charge in [0.25, 0.3) is 0 Å². The second-order valence-corrected chi connectivity index (χ2v) is 8.21. The van der Waals surface area contributed by atoms with Gasteiger partial charge in [-0.05, 0) is 24.7 Å². The number of hydrogen-bond donors (Lipinski definition) is 1. The number of benzene rings is 1. The number of H-pyrrole nitrogens is 1. The summed E-state index contributed by atoms with van der Waals surface area (Å²) >= 11 is 5.74. The molecule has 130 valence electrons. The minimum atomic E-state index is -3.53. The average molecular weight is 373 g/mol. The van der Waals surface area contributed by atoms with E-state index in [0.717, 1.165) is 5.82 Å². The normalized spacial score (nSPS) is 20.4. The van der Waals surface area contributed by atoms with Gasteiger partial charge in [-0.1, -0.05) is 17.7 Å². The summed E-state index contributed by atoms with van der Waals surface area (Å²) in [6, 6.07) is 3.86. The maximum absolute atomic E-state index is 13.2. The van der Waals surface area contributed by atoms with Gasteiger partial charge in [0.05, 0.1) is 16.8 Å². The largest absolute Gasteiger partial charge is 0.347 e. The van der Waals surface area contributed by atoms with Crippen LogP contribution in [0.4, 0.5) is 4.39 Å². The summed E-state index contributed by atoms with van der Waals surface area (Å²) < 4.78 is 40.1. The van der Waals surface area contributed by atoms with Crippen molar-refractivity contribution in [3.63, 3.8) is 0 Å². The van der Waals surface area contributed by atoms with E-state index >= 15 is 0 Å². The van der Waals surface area contributed by atoms with E-state index < -0.39 is 15.8 Å². The van der Waals surface area contributed by atoms with E-state index in [-0.39, 0.29) is 16.8 Å². The highest BCUT2D eigenvalue weighted by Crippen LogP contribution is 2.25. The molecule has 0 aliphatic carbocycles. The van der Waals surface area contributed by atoms with E-state index in [2.05, 4.69) is 14.9 Å². The van der Waals surface area contributed by atoms with E-state index in [4.69, 9.17) is 11.6 Å². The molecule has 6 nitrogen and oxygen atoms in total. The van der Waals surface area contributed by atoms with Crippen molar-refractivity contribution < 1.29 is 12.8 Å². The molecule has 1 aliphatic rings. The maximum atomic E-state index is 13.2. The Morgan fingerprint density at radius 3 is 2.88 bits per heavy atom. The first-order valence-corrected chi connectivity index (χ1v) is 9.47. The van der Waals surface area contributed by atoms with Crippen LogP contribution in [0.25, 0.3) is 0 Å². The standard InChI is InChI=1S/C15H18ClFN4O2S/c1-20-6-7-21(9-14(20)15-18-4-5-19-15)24(22,23)10-11-2-3-13(17)12(16)8-11/h2-5,8,14H,6-7,9-10H2,1H3,(H,18,19)/t14-/m1/s1. The van der Waals surface area contributed by atoms with Crippen LogP contribution in [0.3, 0.4) is 0 Å². The van der Waals surface area contributed by atoms with Crippen LogP contribution in [0, 0.1) is 5.82 Å². The second-order valence-electron chi connectivity index (χ2n) is 5.83. The zero-order valence-corrected chi connectivity index (χ0v) is 14.7. The molecule has 1 aromatic heterocycles. The van der Waals surface area contributed by atoms with Crippen molar-refractivity contribution in [2.24, 2.45) is 0 Å². The summed E-state index contributed by atoms with van der Waals surface area (Å²) in [5.74, 6) is -0.0285. The van der Waals surface area contributed by atoms with Crippen LogP contribution in [0.5, 0.6) is 0 Å². The first-order valence-electron chi connectivity index (χ1n) is 7.48. The molecule has 0 radical (unpaired) electrons. The Morgan fingerprint density at radius 2 is 2.21 bits per heavy atom. The molecule has 2 aromatic rings. The number of likely N-dealkylation sites (N-methyl/N-ethyl adjacent to an activating group) is 1. The van der Waals surface area contributed by atoms with Crippen LogP contribution in [0.1, 0.15) is 17.4 Å². The molecule has 1 atom stereocenters. The Morgan fingerprint density at radius 1 is 1.42 bits per heavy atom. The molecule has 0 bridgehead atoms. The molecule has 0 saturated carbocycles. The van der Waals surface area contributed by atoms with Gasteiger partial charge < -0.3 is 4.98 Å². The minimum Gasteiger partial charge on any atom is -0.347 e. The predicted molar refractivity (Wildman–Crippen MR) is 89.6 cm³/mol. The zero-order chi connectivity index (χ0) is 17.3. The van der Waals surface area contributed by atoms with Gasteiger partial charge in [0.15, 0.2) is 0 Å². The SMILES string of the molecule is CN1CCN(S(=O)(=O)Cc2ccc(F)c(Cl)c2)C[C@@H]1c1ncc[nH]1. The van der Waals surface area contributed by atoms with Crippen LogP contribution in [0.15, 0.2) is 30.6 Å². The minimum absolute atomic E-state index is 0.0745. The summed E-state index contributed by atoms with van der Waals surface area (Å²) in [4.78, 5) is 9.34. The van der Waals surface area contributed by atoms with Crippen molar-refractivity contribution in [3.8, 4) is 0 Å². The Hall–Kier alpha value is -1.48. The molecule has 1 aromatic carbocycles. The smallest absolute Gasteiger partial charge is 0.218 e. The zero-order valence-electron chi connectivity index (χ0n) is 13.1. The molecule has 0 unspecified atom stereocenters. The molecule has 1 saturated heterocycles. The highest BCUT2D eigenvalue weighted by Gasteiger charge is 2.33. The number of nitrogens with zero attached hydrogens (tertiary/aromatic N) is 3.